The van der Waals surface area contributed by atoms with Crippen molar-refractivity contribution in [1.29, 1.82) is 0 Å². The van der Waals surface area contributed by atoms with Gasteiger partial charge in [0.1, 0.15) is 18.3 Å². The maximum atomic E-state index is 14.2. The second kappa shape index (κ2) is 7.21. The van der Waals surface area contributed by atoms with Crippen molar-refractivity contribution in [2.75, 3.05) is 18.4 Å². The molecular formula is C16H22F2N6. The fourth-order valence-corrected chi connectivity index (χ4v) is 3.05. The van der Waals surface area contributed by atoms with E-state index < -0.39 is 12.0 Å². The van der Waals surface area contributed by atoms with Gasteiger partial charge in [-0.05, 0) is 12.8 Å². The topological polar surface area (TPSA) is 58.9 Å². The molecule has 3 rings (SSSR count). The Balaban J connectivity index is 1.66. The Bertz CT molecular complexity index is 689. The van der Waals surface area contributed by atoms with Gasteiger partial charge in [0.25, 0.3) is 0 Å². The van der Waals surface area contributed by atoms with Crippen LogP contribution >= 0.6 is 0 Å². The van der Waals surface area contributed by atoms with E-state index in [2.05, 4.69) is 20.3 Å². The van der Waals surface area contributed by atoms with Crippen molar-refractivity contribution < 1.29 is 8.78 Å². The van der Waals surface area contributed by atoms with Gasteiger partial charge in [0.15, 0.2) is 11.6 Å². The molecule has 0 saturated carbocycles. The van der Waals surface area contributed by atoms with E-state index in [1.165, 1.54) is 6.33 Å². The summed E-state index contributed by atoms with van der Waals surface area (Å²) in [5.74, 6) is 0.641. The van der Waals surface area contributed by atoms with Crippen LogP contribution in [0.4, 0.5) is 14.6 Å². The van der Waals surface area contributed by atoms with Gasteiger partial charge in [-0.2, -0.15) is 0 Å². The van der Waals surface area contributed by atoms with Crippen molar-refractivity contribution >= 4 is 5.82 Å². The summed E-state index contributed by atoms with van der Waals surface area (Å²) in [4.78, 5) is 14.2. The zero-order valence-electron chi connectivity index (χ0n) is 13.9. The Labute approximate surface area is 139 Å². The fraction of sp³-hybridized carbons (Fsp3) is 0.562. The first-order valence-corrected chi connectivity index (χ1v) is 8.16. The van der Waals surface area contributed by atoms with Crippen LogP contribution in [0.5, 0.6) is 0 Å². The summed E-state index contributed by atoms with van der Waals surface area (Å²) < 4.78 is 30.0. The first-order chi connectivity index (χ1) is 11.6. The Morgan fingerprint density at radius 2 is 2.17 bits per heavy atom. The highest BCUT2D eigenvalue weighted by Crippen LogP contribution is 2.23. The normalized spacial score (nSPS) is 21.3. The lowest BCUT2D eigenvalue weighted by atomic mass is 10.2. The molecule has 0 radical (unpaired) electrons. The van der Waals surface area contributed by atoms with Crippen LogP contribution in [-0.2, 0) is 20.0 Å². The fourth-order valence-electron chi connectivity index (χ4n) is 3.05. The van der Waals surface area contributed by atoms with Crippen LogP contribution in [0, 0.1) is 5.82 Å². The number of rotatable bonds is 6. The lowest BCUT2D eigenvalue weighted by Crippen LogP contribution is -2.35. The van der Waals surface area contributed by atoms with Gasteiger partial charge in [-0.1, -0.05) is 6.92 Å². The van der Waals surface area contributed by atoms with Crippen LogP contribution in [0.1, 0.15) is 24.9 Å². The molecule has 0 amide bonds. The zero-order valence-corrected chi connectivity index (χ0v) is 13.9. The number of aryl methyl sites for hydroxylation is 2. The highest BCUT2D eigenvalue weighted by Gasteiger charge is 2.32. The average molecular weight is 336 g/mol. The predicted molar refractivity (Wildman–Crippen MR) is 86.8 cm³/mol. The SMILES string of the molecule is CCc1ncnc(NC[C@@H]2C[C@H](F)CN2Cc2nccn2C)c1F. The third-order valence-electron chi connectivity index (χ3n) is 4.44. The van der Waals surface area contributed by atoms with E-state index in [1.807, 2.05) is 29.6 Å². The summed E-state index contributed by atoms with van der Waals surface area (Å²) in [6.07, 6.45) is 5.00. The number of hydrogen-bond acceptors (Lipinski definition) is 5. The molecule has 0 aromatic carbocycles. The highest BCUT2D eigenvalue weighted by atomic mass is 19.1. The van der Waals surface area contributed by atoms with E-state index in [4.69, 9.17) is 0 Å². The predicted octanol–water partition coefficient (Wildman–Crippen LogP) is 1.94. The van der Waals surface area contributed by atoms with Crippen molar-refractivity contribution in [3.8, 4) is 0 Å². The molecule has 0 bridgehead atoms. The number of nitrogens with zero attached hydrogens (tertiary/aromatic N) is 5. The second-order valence-electron chi connectivity index (χ2n) is 6.09. The molecule has 2 aromatic heterocycles. The molecule has 1 aliphatic rings. The van der Waals surface area contributed by atoms with Crippen LogP contribution < -0.4 is 5.32 Å². The van der Waals surface area contributed by atoms with E-state index >= 15 is 0 Å². The number of aromatic nitrogens is 4. The van der Waals surface area contributed by atoms with Gasteiger partial charge < -0.3 is 9.88 Å². The number of anilines is 1. The largest absolute Gasteiger partial charge is 0.366 e. The van der Waals surface area contributed by atoms with Crippen LogP contribution in [-0.4, -0.2) is 49.7 Å². The third-order valence-corrected chi connectivity index (χ3v) is 4.44. The summed E-state index contributed by atoms with van der Waals surface area (Å²) in [5, 5.41) is 3.01. The van der Waals surface area contributed by atoms with E-state index in [9.17, 15) is 8.78 Å². The number of hydrogen-bond donors (Lipinski definition) is 1. The monoisotopic (exact) mass is 336 g/mol. The highest BCUT2D eigenvalue weighted by molar-refractivity contribution is 5.37. The third kappa shape index (κ3) is 3.53. The summed E-state index contributed by atoms with van der Waals surface area (Å²) in [6.45, 7) is 3.21. The van der Waals surface area contributed by atoms with Crippen LogP contribution in [0.25, 0.3) is 0 Å². The van der Waals surface area contributed by atoms with Gasteiger partial charge in [0, 0.05) is 38.6 Å². The first-order valence-electron chi connectivity index (χ1n) is 8.16. The molecule has 1 saturated heterocycles. The molecule has 1 N–H and O–H groups in total. The van der Waals surface area contributed by atoms with Crippen molar-refractivity contribution in [3.05, 3.63) is 36.1 Å². The van der Waals surface area contributed by atoms with Gasteiger partial charge in [0.2, 0.25) is 0 Å². The van der Waals surface area contributed by atoms with E-state index in [-0.39, 0.29) is 11.9 Å². The second-order valence-corrected chi connectivity index (χ2v) is 6.09. The Kier molecular flexibility index (Phi) is 5.03. The van der Waals surface area contributed by atoms with Crippen molar-refractivity contribution in [1.82, 2.24) is 24.4 Å². The Morgan fingerprint density at radius 1 is 1.33 bits per heavy atom. The van der Waals surface area contributed by atoms with Crippen molar-refractivity contribution in [2.45, 2.75) is 38.5 Å². The molecule has 130 valence electrons. The average Bonchev–Trinajstić information content (AvgIpc) is 3.12. The van der Waals surface area contributed by atoms with E-state index in [1.54, 1.807) is 6.20 Å². The number of nitrogens with one attached hydrogen (secondary N) is 1. The molecule has 0 aliphatic carbocycles. The molecule has 8 heteroatoms. The standard InChI is InChI=1S/C16H22F2N6/c1-3-13-15(18)16(22-10-21-13)20-7-12-6-11(17)8-24(12)9-14-19-4-5-23(14)2/h4-5,10-12H,3,6-9H2,1-2H3,(H,20,21,22)/t11-,12-/m0/s1. The number of alkyl halides is 1. The molecule has 1 aliphatic heterocycles. The van der Waals surface area contributed by atoms with E-state index in [0.717, 1.165) is 5.82 Å². The van der Waals surface area contributed by atoms with Crippen LogP contribution in [0.3, 0.4) is 0 Å². The molecule has 1 fully saturated rings. The summed E-state index contributed by atoms with van der Waals surface area (Å²) in [6, 6.07) is -0.0314. The van der Waals surface area contributed by atoms with Gasteiger partial charge in [-0.3, -0.25) is 4.90 Å². The minimum Gasteiger partial charge on any atom is -0.366 e. The van der Waals surface area contributed by atoms with Crippen molar-refractivity contribution in [2.24, 2.45) is 7.05 Å². The van der Waals surface area contributed by atoms with Gasteiger partial charge >= 0.3 is 0 Å². The first kappa shape index (κ1) is 16.8. The van der Waals surface area contributed by atoms with Crippen LogP contribution in [0.2, 0.25) is 0 Å². The Morgan fingerprint density at radius 3 is 2.88 bits per heavy atom. The van der Waals surface area contributed by atoms with Crippen LogP contribution in [0.15, 0.2) is 18.7 Å². The summed E-state index contributed by atoms with van der Waals surface area (Å²) in [7, 11) is 1.92. The minimum atomic E-state index is -0.876. The molecule has 3 heterocycles. The maximum absolute atomic E-state index is 14.2. The zero-order chi connectivity index (χ0) is 17.1. The molecule has 2 atom stereocenters. The van der Waals surface area contributed by atoms with Gasteiger partial charge in [-0.15, -0.1) is 0 Å². The van der Waals surface area contributed by atoms with Gasteiger partial charge in [0.05, 0.1) is 12.2 Å². The summed E-state index contributed by atoms with van der Waals surface area (Å²) >= 11 is 0. The lowest BCUT2D eigenvalue weighted by molar-refractivity contribution is 0.233. The Hall–Kier alpha value is -2.09. The number of likely N-dealkylation sites (tertiary alicyclic amines) is 1. The quantitative estimate of drug-likeness (QED) is 0.874. The molecule has 24 heavy (non-hydrogen) atoms. The van der Waals surface area contributed by atoms with E-state index in [0.29, 0.717) is 38.2 Å². The van der Waals surface area contributed by atoms with Gasteiger partial charge in [-0.25, -0.2) is 23.7 Å². The van der Waals surface area contributed by atoms with Crippen molar-refractivity contribution in [3.63, 3.8) is 0 Å². The molecule has 6 nitrogen and oxygen atoms in total. The summed E-state index contributed by atoms with van der Waals surface area (Å²) in [5.41, 5.74) is 0.382. The smallest absolute Gasteiger partial charge is 0.186 e. The molecular weight excluding hydrogens is 314 g/mol. The minimum absolute atomic E-state index is 0.0314. The molecule has 2 aromatic rings. The number of halogens is 2. The lowest BCUT2D eigenvalue weighted by Gasteiger charge is -2.24. The number of imidazole rings is 1. The maximum Gasteiger partial charge on any atom is 0.186 e. The molecule has 0 spiro atoms. The molecule has 0 unspecified atom stereocenters.